The Morgan fingerprint density at radius 1 is 1.10 bits per heavy atom. The smallest absolute Gasteiger partial charge is 0.251 e. The molecule has 0 saturated carbocycles. The van der Waals surface area contributed by atoms with Gasteiger partial charge in [-0.15, -0.1) is 12.4 Å². The number of carbonyl (C=O) groups is 2. The highest BCUT2D eigenvalue weighted by Gasteiger charge is 2.20. The van der Waals surface area contributed by atoms with Crippen LogP contribution >= 0.6 is 12.4 Å². The van der Waals surface area contributed by atoms with Crippen LogP contribution in [0.5, 0.6) is 0 Å². The topological polar surface area (TPSA) is 84.2 Å². The van der Waals surface area contributed by atoms with Crippen LogP contribution in [0.15, 0.2) is 30.3 Å². The summed E-state index contributed by atoms with van der Waals surface area (Å²) in [5.74, 6) is -0.489. The summed E-state index contributed by atoms with van der Waals surface area (Å²) in [4.78, 5) is 23.4. The molecule has 1 aromatic carbocycles. The zero-order valence-electron chi connectivity index (χ0n) is 12.5. The van der Waals surface area contributed by atoms with E-state index in [1.54, 1.807) is 24.3 Å². The fourth-order valence-electron chi connectivity index (χ4n) is 1.69. The van der Waals surface area contributed by atoms with Crippen LogP contribution in [0, 0.1) is 0 Å². The standard InChI is InChI=1S/C15H23N3O2.ClH/c1-3-15(16,4-2)11-18-13(19)10-17-14(20)12-8-6-5-7-9-12;/h5-9H,3-4,10-11,16H2,1-2H3,(H,17,20)(H,18,19);1H. The fourth-order valence-corrected chi connectivity index (χ4v) is 1.69. The molecule has 1 rings (SSSR count). The van der Waals surface area contributed by atoms with Gasteiger partial charge in [0.2, 0.25) is 5.91 Å². The molecule has 5 nitrogen and oxygen atoms in total. The van der Waals surface area contributed by atoms with Gasteiger partial charge in [-0.2, -0.15) is 0 Å². The lowest BCUT2D eigenvalue weighted by molar-refractivity contribution is -0.120. The molecular weight excluding hydrogens is 290 g/mol. The van der Waals surface area contributed by atoms with Crippen molar-refractivity contribution in [3.05, 3.63) is 35.9 Å². The average Bonchev–Trinajstić information content (AvgIpc) is 2.51. The lowest BCUT2D eigenvalue weighted by Crippen LogP contribution is -2.50. The number of hydrogen-bond donors (Lipinski definition) is 3. The Morgan fingerprint density at radius 3 is 2.19 bits per heavy atom. The van der Waals surface area contributed by atoms with Crippen molar-refractivity contribution in [2.45, 2.75) is 32.2 Å². The van der Waals surface area contributed by atoms with Crippen molar-refractivity contribution in [2.75, 3.05) is 13.1 Å². The number of amides is 2. The molecule has 0 unspecified atom stereocenters. The Hall–Kier alpha value is -1.59. The van der Waals surface area contributed by atoms with Crippen molar-refractivity contribution >= 4 is 24.2 Å². The molecule has 2 amide bonds. The Labute approximate surface area is 132 Å². The first kappa shape index (κ1) is 19.4. The molecule has 118 valence electrons. The second-order valence-corrected chi connectivity index (χ2v) is 4.89. The van der Waals surface area contributed by atoms with Gasteiger partial charge in [-0.3, -0.25) is 9.59 Å². The van der Waals surface area contributed by atoms with Crippen LogP contribution in [-0.2, 0) is 4.79 Å². The van der Waals surface area contributed by atoms with Crippen LogP contribution in [0.2, 0.25) is 0 Å². The summed E-state index contributed by atoms with van der Waals surface area (Å²) < 4.78 is 0. The number of halogens is 1. The molecule has 0 fully saturated rings. The van der Waals surface area contributed by atoms with Gasteiger partial charge in [-0.05, 0) is 25.0 Å². The summed E-state index contributed by atoms with van der Waals surface area (Å²) in [5, 5.41) is 5.33. The largest absolute Gasteiger partial charge is 0.353 e. The Kier molecular flexibility index (Phi) is 8.66. The lowest BCUT2D eigenvalue weighted by Gasteiger charge is -2.26. The SMILES string of the molecule is CCC(N)(CC)CNC(=O)CNC(=O)c1ccccc1.Cl. The van der Waals surface area contributed by atoms with E-state index >= 15 is 0 Å². The molecule has 0 saturated heterocycles. The summed E-state index contributed by atoms with van der Waals surface area (Å²) in [6, 6.07) is 8.79. The van der Waals surface area contributed by atoms with E-state index in [9.17, 15) is 9.59 Å². The molecule has 0 aliphatic heterocycles. The van der Waals surface area contributed by atoms with Gasteiger partial charge in [0, 0.05) is 17.6 Å². The van der Waals surface area contributed by atoms with E-state index < -0.39 is 0 Å². The van der Waals surface area contributed by atoms with Crippen LogP contribution in [0.25, 0.3) is 0 Å². The van der Waals surface area contributed by atoms with Crippen LogP contribution in [0.1, 0.15) is 37.0 Å². The molecule has 4 N–H and O–H groups in total. The molecule has 0 aromatic heterocycles. The highest BCUT2D eigenvalue weighted by Crippen LogP contribution is 2.08. The minimum Gasteiger partial charge on any atom is -0.353 e. The molecule has 0 aliphatic carbocycles. The van der Waals surface area contributed by atoms with E-state index in [4.69, 9.17) is 5.73 Å². The van der Waals surface area contributed by atoms with E-state index in [1.165, 1.54) is 0 Å². The first-order chi connectivity index (χ1) is 9.50. The zero-order chi connectivity index (χ0) is 15.0. The number of hydrogen-bond acceptors (Lipinski definition) is 3. The zero-order valence-corrected chi connectivity index (χ0v) is 13.3. The van der Waals surface area contributed by atoms with Gasteiger partial charge in [0.1, 0.15) is 0 Å². The molecule has 0 atom stereocenters. The Balaban J connectivity index is 0.00000400. The first-order valence-corrected chi connectivity index (χ1v) is 6.89. The third-order valence-electron chi connectivity index (χ3n) is 3.49. The van der Waals surface area contributed by atoms with E-state index in [0.717, 1.165) is 12.8 Å². The van der Waals surface area contributed by atoms with Crippen molar-refractivity contribution in [3.8, 4) is 0 Å². The third kappa shape index (κ3) is 6.60. The normalized spacial score (nSPS) is 10.4. The van der Waals surface area contributed by atoms with Gasteiger partial charge in [0.25, 0.3) is 5.91 Å². The van der Waals surface area contributed by atoms with Crippen molar-refractivity contribution in [3.63, 3.8) is 0 Å². The molecule has 6 heteroatoms. The highest BCUT2D eigenvalue weighted by molar-refractivity contribution is 5.96. The molecule has 0 heterocycles. The Bertz CT molecular complexity index is 447. The quantitative estimate of drug-likeness (QED) is 0.712. The van der Waals surface area contributed by atoms with Crippen molar-refractivity contribution in [1.82, 2.24) is 10.6 Å². The van der Waals surface area contributed by atoms with E-state index in [2.05, 4.69) is 10.6 Å². The van der Waals surface area contributed by atoms with Crippen LogP contribution < -0.4 is 16.4 Å². The molecule has 0 aliphatic rings. The maximum atomic E-state index is 11.7. The number of nitrogens with one attached hydrogen (secondary N) is 2. The van der Waals surface area contributed by atoms with Crippen LogP contribution in [0.3, 0.4) is 0 Å². The molecule has 0 radical (unpaired) electrons. The van der Waals surface area contributed by atoms with Gasteiger partial charge in [0.15, 0.2) is 0 Å². The minimum absolute atomic E-state index is 0. The number of nitrogens with two attached hydrogens (primary N) is 1. The monoisotopic (exact) mass is 313 g/mol. The van der Waals surface area contributed by atoms with Crippen molar-refractivity contribution < 1.29 is 9.59 Å². The number of benzene rings is 1. The predicted octanol–water partition coefficient (Wildman–Crippen LogP) is 1.47. The molecule has 0 spiro atoms. The van der Waals surface area contributed by atoms with E-state index in [1.807, 2.05) is 19.9 Å². The first-order valence-electron chi connectivity index (χ1n) is 6.89. The van der Waals surface area contributed by atoms with Crippen LogP contribution in [0.4, 0.5) is 0 Å². The summed E-state index contributed by atoms with van der Waals surface area (Å²) in [6.07, 6.45) is 1.58. The van der Waals surface area contributed by atoms with E-state index in [0.29, 0.717) is 12.1 Å². The number of rotatable bonds is 7. The summed E-state index contributed by atoms with van der Waals surface area (Å²) in [7, 11) is 0. The second kappa shape index (κ2) is 9.37. The number of carbonyl (C=O) groups excluding carboxylic acids is 2. The van der Waals surface area contributed by atoms with Gasteiger partial charge in [-0.1, -0.05) is 32.0 Å². The summed E-state index contributed by atoms with van der Waals surface area (Å²) >= 11 is 0. The average molecular weight is 314 g/mol. The predicted molar refractivity (Wildman–Crippen MR) is 86.5 cm³/mol. The summed E-state index contributed by atoms with van der Waals surface area (Å²) in [6.45, 7) is 4.36. The van der Waals surface area contributed by atoms with E-state index in [-0.39, 0.29) is 36.3 Å². The van der Waals surface area contributed by atoms with Gasteiger partial charge in [0.05, 0.1) is 6.54 Å². The second-order valence-electron chi connectivity index (χ2n) is 4.89. The molecule has 0 bridgehead atoms. The minimum atomic E-state index is -0.376. The maximum Gasteiger partial charge on any atom is 0.251 e. The van der Waals surface area contributed by atoms with Crippen LogP contribution in [-0.4, -0.2) is 30.4 Å². The van der Waals surface area contributed by atoms with Crippen molar-refractivity contribution in [2.24, 2.45) is 5.73 Å². The van der Waals surface area contributed by atoms with Gasteiger partial charge in [-0.25, -0.2) is 0 Å². The lowest BCUT2D eigenvalue weighted by atomic mass is 9.94. The highest BCUT2D eigenvalue weighted by atomic mass is 35.5. The fraction of sp³-hybridized carbons (Fsp3) is 0.467. The molecule has 21 heavy (non-hydrogen) atoms. The molecular formula is C15H24ClN3O2. The van der Waals surface area contributed by atoms with Gasteiger partial charge < -0.3 is 16.4 Å². The summed E-state index contributed by atoms with van der Waals surface area (Å²) in [5.41, 5.74) is 6.25. The van der Waals surface area contributed by atoms with Crippen molar-refractivity contribution in [1.29, 1.82) is 0 Å². The Morgan fingerprint density at radius 2 is 1.67 bits per heavy atom. The van der Waals surface area contributed by atoms with Gasteiger partial charge >= 0.3 is 0 Å². The third-order valence-corrected chi connectivity index (χ3v) is 3.49. The molecule has 1 aromatic rings. The maximum absolute atomic E-state index is 11.7.